The van der Waals surface area contributed by atoms with Gasteiger partial charge in [0.1, 0.15) is 16.6 Å². The Bertz CT molecular complexity index is 482. The molecule has 0 aromatic carbocycles. The maximum Gasteiger partial charge on any atom is 0.246 e. The van der Waals surface area contributed by atoms with Crippen molar-refractivity contribution in [2.45, 2.75) is 45.8 Å². The number of amides is 2. The first-order valence-corrected chi connectivity index (χ1v) is 7.23. The van der Waals surface area contributed by atoms with Gasteiger partial charge in [-0.1, -0.05) is 13.8 Å². The van der Waals surface area contributed by atoms with Gasteiger partial charge in [0.05, 0.1) is 6.54 Å². The van der Waals surface area contributed by atoms with Gasteiger partial charge in [-0.3, -0.25) is 9.59 Å². The topological polar surface area (TPSA) is 62.3 Å². The Hall–Kier alpha value is -1.43. The van der Waals surface area contributed by atoms with Crippen molar-refractivity contribution < 1.29 is 9.59 Å². The molecule has 1 fully saturated rings. The summed E-state index contributed by atoms with van der Waals surface area (Å²) in [6.07, 6.45) is 1.71. The van der Waals surface area contributed by atoms with Crippen molar-refractivity contribution >= 4 is 23.2 Å². The molecular weight excluding hydrogens is 262 g/mol. The third-order valence-electron chi connectivity index (χ3n) is 3.49. The molecule has 1 unspecified atom stereocenters. The Morgan fingerprint density at radius 1 is 1.47 bits per heavy atom. The van der Waals surface area contributed by atoms with Gasteiger partial charge in [0.25, 0.3) is 0 Å². The Morgan fingerprint density at radius 2 is 2.16 bits per heavy atom. The zero-order chi connectivity index (χ0) is 14.2. The Labute approximate surface area is 117 Å². The predicted molar refractivity (Wildman–Crippen MR) is 73.5 cm³/mol. The molecule has 0 bridgehead atoms. The normalized spacial score (nSPS) is 22.8. The van der Waals surface area contributed by atoms with Crippen LogP contribution < -0.4 is 5.32 Å². The molecule has 0 radical (unpaired) electrons. The highest BCUT2D eigenvalue weighted by Gasteiger charge is 2.47. The van der Waals surface area contributed by atoms with E-state index in [4.69, 9.17) is 0 Å². The third-order valence-corrected chi connectivity index (χ3v) is 4.26. The van der Waals surface area contributed by atoms with Crippen LogP contribution in [0.25, 0.3) is 0 Å². The predicted octanol–water partition coefficient (Wildman–Crippen LogP) is 1.40. The smallest absolute Gasteiger partial charge is 0.246 e. The number of carbonyl (C=O) groups excluding carboxylic acids is 2. The monoisotopic (exact) mass is 281 g/mol. The van der Waals surface area contributed by atoms with Crippen LogP contribution in [-0.2, 0) is 16.1 Å². The number of nitrogens with zero attached hydrogens (tertiary/aromatic N) is 2. The van der Waals surface area contributed by atoms with E-state index in [2.05, 4.69) is 10.3 Å². The molecular formula is C13H19N3O2S. The number of hydrogen-bond acceptors (Lipinski definition) is 4. The van der Waals surface area contributed by atoms with Gasteiger partial charge in [-0.2, -0.15) is 0 Å². The number of thiazole rings is 1. The summed E-state index contributed by atoms with van der Waals surface area (Å²) < 4.78 is 0. The van der Waals surface area contributed by atoms with Crippen molar-refractivity contribution in [2.75, 3.05) is 0 Å². The number of hydrogen-bond donors (Lipinski definition) is 1. The van der Waals surface area contributed by atoms with Gasteiger partial charge in [0.2, 0.25) is 11.8 Å². The second kappa shape index (κ2) is 4.92. The minimum absolute atomic E-state index is 0.0326. The number of aromatic nitrogens is 1. The molecule has 5 nitrogen and oxygen atoms in total. The second-order valence-electron chi connectivity index (χ2n) is 5.60. The van der Waals surface area contributed by atoms with Gasteiger partial charge >= 0.3 is 0 Å². The van der Waals surface area contributed by atoms with E-state index in [1.54, 1.807) is 24.9 Å². The van der Waals surface area contributed by atoms with E-state index in [-0.39, 0.29) is 17.7 Å². The van der Waals surface area contributed by atoms with Crippen LogP contribution in [0.4, 0.5) is 0 Å². The van der Waals surface area contributed by atoms with Crippen molar-refractivity contribution in [3.05, 3.63) is 16.6 Å². The average Bonchev–Trinajstić information content (AvgIpc) is 2.82. The maximum atomic E-state index is 12.5. The fourth-order valence-corrected chi connectivity index (χ4v) is 2.74. The van der Waals surface area contributed by atoms with E-state index in [0.29, 0.717) is 6.54 Å². The SMILES string of the molecule is CC(C)C1NC(=O)C(C)(C)N(Cc2nccs2)C1=O. The highest BCUT2D eigenvalue weighted by atomic mass is 32.1. The molecule has 1 N–H and O–H groups in total. The summed E-state index contributed by atoms with van der Waals surface area (Å²) in [4.78, 5) is 30.6. The highest BCUT2D eigenvalue weighted by molar-refractivity contribution is 7.09. The zero-order valence-electron chi connectivity index (χ0n) is 11.6. The summed E-state index contributed by atoms with van der Waals surface area (Å²) in [5.74, 6) is -0.0662. The minimum Gasteiger partial charge on any atom is -0.342 e. The maximum absolute atomic E-state index is 12.5. The molecule has 1 saturated heterocycles. The van der Waals surface area contributed by atoms with Crippen LogP contribution in [-0.4, -0.2) is 33.3 Å². The molecule has 2 amide bonds. The van der Waals surface area contributed by atoms with E-state index in [9.17, 15) is 9.59 Å². The zero-order valence-corrected chi connectivity index (χ0v) is 12.5. The quantitative estimate of drug-likeness (QED) is 0.911. The summed E-state index contributed by atoms with van der Waals surface area (Å²) >= 11 is 1.49. The molecule has 0 aliphatic carbocycles. The van der Waals surface area contributed by atoms with E-state index in [1.807, 2.05) is 19.2 Å². The van der Waals surface area contributed by atoms with Crippen LogP contribution >= 0.6 is 11.3 Å². The number of piperazine rings is 1. The van der Waals surface area contributed by atoms with Crippen LogP contribution in [0.3, 0.4) is 0 Å². The van der Waals surface area contributed by atoms with Crippen LogP contribution in [0.5, 0.6) is 0 Å². The summed E-state index contributed by atoms with van der Waals surface area (Å²) in [6.45, 7) is 7.79. The second-order valence-corrected chi connectivity index (χ2v) is 6.58. The molecule has 1 aromatic heterocycles. The first kappa shape index (κ1) is 14.0. The van der Waals surface area contributed by atoms with E-state index >= 15 is 0 Å². The molecule has 0 saturated carbocycles. The highest BCUT2D eigenvalue weighted by Crippen LogP contribution is 2.26. The van der Waals surface area contributed by atoms with Gasteiger partial charge < -0.3 is 10.2 Å². The van der Waals surface area contributed by atoms with E-state index < -0.39 is 11.6 Å². The number of nitrogens with one attached hydrogen (secondary N) is 1. The van der Waals surface area contributed by atoms with Crippen molar-refractivity contribution in [2.24, 2.45) is 5.92 Å². The van der Waals surface area contributed by atoms with Crippen molar-refractivity contribution in [1.82, 2.24) is 15.2 Å². The Balaban J connectivity index is 2.29. The molecule has 2 rings (SSSR count). The Morgan fingerprint density at radius 3 is 2.68 bits per heavy atom. The number of carbonyl (C=O) groups is 2. The molecule has 1 aromatic rings. The van der Waals surface area contributed by atoms with Crippen LogP contribution in [0.1, 0.15) is 32.7 Å². The summed E-state index contributed by atoms with van der Waals surface area (Å²) in [5, 5.41) is 5.54. The third kappa shape index (κ3) is 2.49. The Kier molecular flexibility index (Phi) is 3.62. The van der Waals surface area contributed by atoms with Crippen LogP contribution in [0.2, 0.25) is 0 Å². The van der Waals surface area contributed by atoms with Crippen molar-refractivity contribution in [1.29, 1.82) is 0 Å². The van der Waals surface area contributed by atoms with E-state index in [1.165, 1.54) is 11.3 Å². The molecule has 1 atom stereocenters. The van der Waals surface area contributed by atoms with Gasteiger partial charge in [0, 0.05) is 11.6 Å². The van der Waals surface area contributed by atoms with Crippen LogP contribution in [0.15, 0.2) is 11.6 Å². The van der Waals surface area contributed by atoms with Gasteiger partial charge in [-0.25, -0.2) is 4.98 Å². The summed E-state index contributed by atoms with van der Waals surface area (Å²) in [5.41, 5.74) is -0.839. The molecule has 0 spiro atoms. The lowest BCUT2D eigenvalue weighted by molar-refractivity contribution is -0.157. The first-order chi connectivity index (χ1) is 8.84. The fourth-order valence-electron chi connectivity index (χ4n) is 2.14. The van der Waals surface area contributed by atoms with Gasteiger partial charge in [-0.05, 0) is 19.8 Å². The lowest BCUT2D eigenvalue weighted by atomic mass is 9.91. The van der Waals surface area contributed by atoms with E-state index in [0.717, 1.165) is 5.01 Å². The molecule has 6 heteroatoms. The molecule has 1 aliphatic heterocycles. The molecule has 1 aliphatic rings. The first-order valence-electron chi connectivity index (χ1n) is 6.35. The van der Waals surface area contributed by atoms with Crippen molar-refractivity contribution in [3.63, 3.8) is 0 Å². The lowest BCUT2D eigenvalue weighted by Gasteiger charge is -2.44. The van der Waals surface area contributed by atoms with Gasteiger partial charge in [0.15, 0.2) is 0 Å². The van der Waals surface area contributed by atoms with Gasteiger partial charge in [-0.15, -0.1) is 11.3 Å². The molecule has 19 heavy (non-hydrogen) atoms. The molecule has 104 valence electrons. The minimum atomic E-state index is -0.839. The molecule has 2 heterocycles. The fraction of sp³-hybridized carbons (Fsp3) is 0.615. The summed E-state index contributed by atoms with van der Waals surface area (Å²) in [7, 11) is 0. The standard InChI is InChI=1S/C13H19N3O2S/c1-8(2)10-11(17)16(7-9-14-5-6-19-9)13(3,4)12(18)15-10/h5-6,8,10H,7H2,1-4H3,(H,15,18). The largest absolute Gasteiger partial charge is 0.342 e. The van der Waals surface area contributed by atoms with Crippen LogP contribution in [0, 0.1) is 5.92 Å². The average molecular weight is 281 g/mol. The summed E-state index contributed by atoms with van der Waals surface area (Å²) in [6, 6.07) is -0.444. The lowest BCUT2D eigenvalue weighted by Crippen LogP contribution is -2.69. The van der Waals surface area contributed by atoms with Crippen molar-refractivity contribution in [3.8, 4) is 0 Å². The number of rotatable bonds is 3.